The predicted octanol–water partition coefficient (Wildman–Crippen LogP) is 2.25. The molecule has 0 aromatic heterocycles. The molecule has 0 radical (unpaired) electrons. The summed E-state index contributed by atoms with van der Waals surface area (Å²) in [6, 6.07) is 11.1. The lowest BCUT2D eigenvalue weighted by atomic mass is 9.96. The SMILES string of the molecule is O=C1CCC(N2Cc3ccc(F)c(-c4ccccc4)c3C2=O)C(=O)N1. The zero-order chi connectivity index (χ0) is 17.6. The van der Waals surface area contributed by atoms with Crippen molar-refractivity contribution in [2.45, 2.75) is 25.4 Å². The minimum absolute atomic E-state index is 0.191. The van der Waals surface area contributed by atoms with Gasteiger partial charge in [-0.15, -0.1) is 0 Å². The van der Waals surface area contributed by atoms with Crippen molar-refractivity contribution in [3.8, 4) is 11.1 Å². The fraction of sp³-hybridized carbons (Fsp3) is 0.211. The molecule has 1 atom stereocenters. The number of benzene rings is 2. The van der Waals surface area contributed by atoms with Crippen LogP contribution in [0, 0.1) is 5.82 Å². The number of amides is 3. The third-order valence-corrected chi connectivity index (χ3v) is 4.70. The molecule has 3 amide bonds. The number of fused-ring (bicyclic) bond motifs is 1. The molecule has 2 aliphatic rings. The molecule has 0 spiro atoms. The highest BCUT2D eigenvalue weighted by molar-refractivity contribution is 6.08. The summed E-state index contributed by atoms with van der Waals surface area (Å²) in [4.78, 5) is 37.8. The van der Waals surface area contributed by atoms with Crippen LogP contribution in [0.2, 0.25) is 0 Å². The van der Waals surface area contributed by atoms with Gasteiger partial charge in [-0.25, -0.2) is 4.39 Å². The largest absolute Gasteiger partial charge is 0.322 e. The Morgan fingerprint density at radius 3 is 2.48 bits per heavy atom. The monoisotopic (exact) mass is 338 g/mol. The van der Waals surface area contributed by atoms with Crippen molar-refractivity contribution in [2.75, 3.05) is 0 Å². The molecule has 4 rings (SSSR count). The molecule has 1 unspecified atom stereocenters. The molecule has 6 heteroatoms. The Bertz CT molecular complexity index is 895. The van der Waals surface area contributed by atoms with Crippen molar-refractivity contribution >= 4 is 17.7 Å². The van der Waals surface area contributed by atoms with Crippen LogP contribution in [-0.4, -0.2) is 28.7 Å². The number of hydrogen-bond acceptors (Lipinski definition) is 3. The van der Waals surface area contributed by atoms with E-state index < -0.39 is 17.8 Å². The molecular weight excluding hydrogens is 323 g/mol. The van der Waals surface area contributed by atoms with E-state index in [2.05, 4.69) is 5.32 Å². The summed E-state index contributed by atoms with van der Waals surface area (Å²) >= 11 is 0. The standard InChI is InChI=1S/C19H15FN2O3/c20-13-7-6-12-10-22(14-8-9-15(23)21-18(14)24)19(25)17(12)16(13)11-4-2-1-3-5-11/h1-7,14H,8-10H2,(H,21,23,24). The van der Waals surface area contributed by atoms with Gasteiger partial charge in [0.1, 0.15) is 11.9 Å². The Morgan fingerprint density at radius 1 is 1.00 bits per heavy atom. The maximum Gasteiger partial charge on any atom is 0.255 e. The highest BCUT2D eigenvalue weighted by Gasteiger charge is 2.40. The summed E-state index contributed by atoms with van der Waals surface area (Å²) < 4.78 is 14.5. The van der Waals surface area contributed by atoms with E-state index in [1.807, 2.05) is 6.07 Å². The van der Waals surface area contributed by atoms with E-state index in [9.17, 15) is 18.8 Å². The first-order chi connectivity index (χ1) is 12.1. The first kappa shape index (κ1) is 15.5. The van der Waals surface area contributed by atoms with Gasteiger partial charge >= 0.3 is 0 Å². The minimum atomic E-state index is -0.704. The van der Waals surface area contributed by atoms with Crippen LogP contribution in [-0.2, 0) is 16.1 Å². The lowest BCUT2D eigenvalue weighted by Crippen LogP contribution is -2.52. The number of piperidine rings is 1. The van der Waals surface area contributed by atoms with E-state index in [1.165, 1.54) is 11.0 Å². The van der Waals surface area contributed by atoms with E-state index in [4.69, 9.17) is 0 Å². The molecular formula is C19H15FN2O3. The van der Waals surface area contributed by atoms with Crippen LogP contribution in [0.25, 0.3) is 11.1 Å². The molecule has 2 heterocycles. The van der Waals surface area contributed by atoms with Gasteiger partial charge in [-0.05, 0) is 23.6 Å². The molecule has 2 aromatic rings. The second-order valence-electron chi connectivity index (χ2n) is 6.22. The zero-order valence-electron chi connectivity index (χ0n) is 13.3. The van der Waals surface area contributed by atoms with Crippen molar-refractivity contribution in [1.82, 2.24) is 10.2 Å². The van der Waals surface area contributed by atoms with E-state index >= 15 is 0 Å². The topological polar surface area (TPSA) is 66.5 Å². The molecule has 2 aliphatic heterocycles. The van der Waals surface area contributed by atoms with Gasteiger partial charge in [0.2, 0.25) is 11.8 Å². The van der Waals surface area contributed by atoms with E-state index in [1.54, 1.807) is 30.3 Å². The maximum absolute atomic E-state index is 14.5. The van der Waals surface area contributed by atoms with Crippen LogP contribution in [0.5, 0.6) is 0 Å². The van der Waals surface area contributed by atoms with Gasteiger partial charge in [-0.1, -0.05) is 36.4 Å². The normalized spacial score (nSPS) is 19.8. The Balaban J connectivity index is 1.76. The lowest BCUT2D eigenvalue weighted by Gasteiger charge is -2.29. The molecule has 0 aliphatic carbocycles. The molecule has 2 aromatic carbocycles. The molecule has 126 valence electrons. The summed E-state index contributed by atoms with van der Waals surface area (Å²) in [6.07, 6.45) is 0.476. The highest BCUT2D eigenvalue weighted by Crippen LogP contribution is 2.36. The fourth-order valence-electron chi connectivity index (χ4n) is 3.51. The maximum atomic E-state index is 14.5. The van der Waals surface area contributed by atoms with Crippen LogP contribution in [0.15, 0.2) is 42.5 Å². The quantitative estimate of drug-likeness (QED) is 0.854. The van der Waals surface area contributed by atoms with Crippen molar-refractivity contribution in [3.63, 3.8) is 0 Å². The Morgan fingerprint density at radius 2 is 1.76 bits per heavy atom. The van der Waals surface area contributed by atoms with Crippen molar-refractivity contribution in [2.24, 2.45) is 0 Å². The Labute approximate surface area is 143 Å². The summed E-state index contributed by atoms with van der Waals surface area (Å²) in [6.45, 7) is 0.237. The fourth-order valence-corrected chi connectivity index (χ4v) is 3.51. The van der Waals surface area contributed by atoms with Gasteiger partial charge in [0.05, 0.1) is 5.56 Å². The van der Waals surface area contributed by atoms with Crippen LogP contribution >= 0.6 is 0 Å². The second kappa shape index (κ2) is 5.81. The number of nitrogens with one attached hydrogen (secondary N) is 1. The first-order valence-electron chi connectivity index (χ1n) is 8.07. The summed E-state index contributed by atoms with van der Waals surface area (Å²) in [7, 11) is 0. The molecule has 1 saturated heterocycles. The molecule has 5 nitrogen and oxygen atoms in total. The van der Waals surface area contributed by atoms with E-state index in [-0.39, 0.29) is 36.8 Å². The minimum Gasteiger partial charge on any atom is -0.322 e. The molecule has 1 N–H and O–H groups in total. The number of rotatable bonds is 2. The summed E-state index contributed by atoms with van der Waals surface area (Å²) in [5.74, 6) is -1.65. The number of halogens is 1. The molecule has 0 saturated carbocycles. The van der Waals surface area contributed by atoms with Gasteiger partial charge in [0, 0.05) is 18.5 Å². The van der Waals surface area contributed by atoms with Gasteiger partial charge in [0.25, 0.3) is 5.91 Å². The van der Waals surface area contributed by atoms with Crippen LogP contribution in [0.3, 0.4) is 0 Å². The van der Waals surface area contributed by atoms with Crippen molar-refractivity contribution in [1.29, 1.82) is 0 Å². The smallest absolute Gasteiger partial charge is 0.255 e. The third kappa shape index (κ3) is 2.50. The average Bonchev–Trinajstić information content (AvgIpc) is 2.93. The zero-order valence-corrected chi connectivity index (χ0v) is 13.3. The van der Waals surface area contributed by atoms with E-state index in [0.29, 0.717) is 16.7 Å². The van der Waals surface area contributed by atoms with Crippen LogP contribution in [0.1, 0.15) is 28.8 Å². The van der Waals surface area contributed by atoms with Crippen molar-refractivity contribution in [3.05, 3.63) is 59.4 Å². The van der Waals surface area contributed by atoms with Crippen LogP contribution < -0.4 is 5.32 Å². The first-order valence-corrected chi connectivity index (χ1v) is 8.07. The van der Waals surface area contributed by atoms with Gasteiger partial charge < -0.3 is 4.90 Å². The number of imide groups is 1. The summed E-state index contributed by atoms with van der Waals surface area (Å²) in [5, 5.41) is 2.27. The number of nitrogens with zero attached hydrogens (tertiary/aromatic N) is 1. The predicted molar refractivity (Wildman–Crippen MR) is 87.9 cm³/mol. The van der Waals surface area contributed by atoms with E-state index in [0.717, 1.165) is 0 Å². The summed E-state index contributed by atoms with van der Waals surface area (Å²) in [5.41, 5.74) is 1.87. The van der Waals surface area contributed by atoms with Gasteiger partial charge in [-0.2, -0.15) is 0 Å². The molecule has 0 bridgehead atoms. The lowest BCUT2D eigenvalue weighted by molar-refractivity contribution is -0.136. The van der Waals surface area contributed by atoms with Gasteiger partial charge in [-0.3, -0.25) is 19.7 Å². The number of hydrogen-bond donors (Lipinski definition) is 1. The average molecular weight is 338 g/mol. The Kier molecular flexibility index (Phi) is 3.60. The molecule has 1 fully saturated rings. The van der Waals surface area contributed by atoms with Gasteiger partial charge in [0.15, 0.2) is 0 Å². The number of carbonyl (C=O) groups excluding carboxylic acids is 3. The van der Waals surface area contributed by atoms with Crippen molar-refractivity contribution < 1.29 is 18.8 Å². The second-order valence-corrected chi connectivity index (χ2v) is 6.22. The Hall–Kier alpha value is -3.02. The number of carbonyl (C=O) groups is 3. The van der Waals surface area contributed by atoms with Crippen LogP contribution in [0.4, 0.5) is 4.39 Å². The third-order valence-electron chi connectivity index (χ3n) is 4.70. The molecule has 25 heavy (non-hydrogen) atoms. The highest BCUT2D eigenvalue weighted by atomic mass is 19.1.